The number of nitrogens with zero attached hydrogens (tertiary/aromatic N) is 3. The molecule has 0 aliphatic rings. The molecule has 1 rings (SSSR count). The standard InChI is InChI=1S/C8H13N3O2/c1-7(13)2-3-8-6-9-10-11(8)4-5-12/h6,12H,2-5H2,1H3. The van der Waals surface area contributed by atoms with Gasteiger partial charge in [-0.1, -0.05) is 5.21 Å². The van der Waals surface area contributed by atoms with Crippen LogP contribution in [0.2, 0.25) is 0 Å². The van der Waals surface area contributed by atoms with E-state index in [4.69, 9.17) is 5.11 Å². The second-order valence-corrected chi connectivity index (χ2v) is 2.87. The van der Waals surface area contributed by atoms with Gasteiger partial charge in [-0.15, -0.1) is 5.10 Å². The average Bonchev–Trinajstić information content (AvgIpc) is 2.49. The van der Waals surface area contributed by atoms with Crippen molar-refractivity contribution in [1.29, 1.82) is 0 Å². The van der Waals surface area contributed by atoms with E-state index >= 15 is 0 Å². The van der Waals surface area contributed by atoms with Gasteiger partial charge in [0.1, 0.15) is 5.78 Å². The maximum atomic E-state index is 10.7. The average molecular weight is 183 g/mol. The summed E-state index contributed by atoms with van der Waals surface area (Å²) in [7, 11) is 0. The Morgan fingerprint density at radius 3 is 3.08 bits per heavy atom. The second kappa shape index (κ2) is 4.71. The van der Waals surface area contributed by atoms with Crippen molar-refractivity contribution < 1.29 is 9.90 Å². The van der Waals surface area contributed by atoms with Crippen molar-refractivity contribution in [3.63, 3.8) is 0 Å². The van der Waals surface area contributed by atoms with Gasteiger partial charge < -0.3 is 9.90 Å². The highest BCUT2D eigenvalue weighted by molar-refractivity contribution is 5.75. The summed E-state index contributed by atoms with van der Waals surface area (Å²) in [5, 5.41) is 16.2. The number of rotatable bonds is 5. The predicted octanol–water partition coefficient (Wildman–Crippen LogP) is -0.208. The molecule has 72 valence electrons. The van der Waals surface area contributed by atoms with Crippen LogP contribution in [0.5, 0.6) is 0 Å². The molecule has 0 bridgehead atoms. The molecule has 5 nitrogen and oxygen atoms in total. The summed E-state index contributed by atoms with van der Waals surface area (Å²) >= 11 is 0. The SMILES string of the molecule is CC(=O)CCc1cnnn1CCO. The highest BCUT2D eigenvalue weighted by atomic mass is 16.3. The van der Waals surface area contributed by atoms with Crippen LogP contribution in [0, 0.1) is 0 Å². The lowest BCUT2D eigenvalue weighted by Gasteiger charge is -2.01. The van der Waals surface area contributed by atoms with Crippen LogP contribution in [-0.4, -0.2) is 32.5 Å². The van der Waals surface area contributed by atoms with Crippen molar-refractivity contribution in [3.8, 4) is 0 Å². The maximum Gasteiger partial charge on any atom is 0.130 e. The Balaban J connectivity index is 2.54. The predicted molar refractivity (Wildman–Crippen MR) is 46.1 cm³/mol. The third-order valence-corrected chi connectivity index (χ3v) is 1.74. The molecule has 0 atom stereocenters. The highest BCUT2D eigenvalue weighted by Crippen LogP contribution is 2.00. The van der Waals surface area contributed by atoms with Crippen LogP contribution in [0.3, 0.4) is 0 Å². The lowest BCUT2D eigenvalue weighted by molar-refractivity contribution is -0.117. The van der Waals surface area contributed by atoms with Gasteiger partial charge in [-0.05, 0) is 13.3 Å². The molecule has 5 heteroatoms. The van der Waals surface area contributed by atoms with Gasteiger partial charge in [0, 0.05) is 6.42 Å². The number of aryl methyl sites for hydroxylation is 1. The van der Waals surface area contributed by atoms with Crippen molar-refractivity contribution in [2.24, 2.45) is 0 Å². The molecule has 0 fully saturated rings. The Bertz CT molecular complexity index is 283. The molecule has 0 radical (unpaired) electrons. The minimum absolute atomic E-state index is 0.0381. The van der Waals surface area contributed by atoms with E-state index in [1.165, 1.54) is 0 Å². The quantitative estimate of drug-likeness (QED) is 0.686. The number of hydrogen-bond acceptors (Lipinski definition) is 4. The van der Waals surface area contributed by atoms with Gasteiger partial charge in [0.05, 0.1) is 25.0 Å². The molecular formula is C8H13N3O2. The van der Waals surface area contributed by atoms with Crippen molar-refractivity contribution in [2.45, 2.75) is 26.3 Å². The summed E-state index contributed by atoms with van der Waals surface area (Å²) in [6.45, 7) is 2.03. The topological polar surface area (TPSA) is 68.0 Å². The first-order valence-corrected chi connectivity index (χ1v) is 4.21. The molecule has 1 N–H and O–H groups in total. The van der Waals surface area contributed by atoms with Crippen LogP contribution in [0.1, 0.15) is 19.0 Å². The van der Waals surface area contributed by atoms with Gasteiger partial charge in [-0.3, -0.25) is 0 Å². The van der Waals surface area contributed by atoms with Gasteiger partial charge in [0.2, 0.25) is 0 Å². The number of Topliss-reactive ketones (excluding diaryl/α,β-unsaturated/α-hetero) is 1. The van der Waals surface area contributed by atoms with Gasteiger partial charge in [0.25, 0.3) is 0 Å². The fraction of sp³-hybridized carbons (Fsp3) is 0.625. The van der Waals surface area contributed by atoms with Crippen molar-refractivity contribution >= 4 is 5.78 Å². The third-order valence-electron chi connectivity index (χ3n) is 1.74. The molecule has 0 aliphatic carbocycles. The highest BCUT2D eigenvalue weighted by Gasteiger charge is 2.03. The van der Waals surface area contributed by atoms with E-state index in [1.54, 1.807) is 17.8 Å². The monoisotopic (exact) mass is 183 g/mol. The van der Waals surface area contributed by atoms with Gasteiger partial charge in [-0.2, -0.15) is 0 Å². The molecule has 1 aromatic heterocycles. The molecule has 0 aliphatic heterocycles. The fourth-order valence-electron chi connectivity index (χ4n) is 1.06. The number of aliphatic hydroxyl groups is 1. The first-order valence-electron chi connectivity index (χ1n) is 4.21. The number of ketones is 1. The van der Waals surface area contributed by atoms with Crippen LogP contribution in [0.15, 0.2) is 6.20 Å². The molecule has 0 amide bonds. The molecule has 0 saturated carbocycles. The largest absolute Gasteiger partial charge is 0.394 e. The number of carbonyl (C=O) groups excluding carboxylic acids is 1. The molecule has 1 aromatic rings. The summed E-state index contributed by atoms with van der Waals surface area (Å²) < 4.78 is 1.61. The van der Waals surface area contributed by atoms with Crippen LogP contribution in [-0.2, 0) is 17.8 Å². The zero-order valence-electron chi connectivity index (χ0n) is 7.60. The lowest BCUT2D eigenvalue weighted by atomic mass is 10.2. The summed E-state index contributed by atoms with van der Waals surface area (Å²) in [6.07, 6.45) is 2.76. The zero-order chi connectivity index (χ0) is 9.68. The van der Waals surface area contributed by atoms with Gasteiger partial charge >= 0.3 is 0 Å². The first-order chi connectivity index (χ1) is 6.24. The minimum Gasteiger partial charge on any atom is -0.394 e. The Morgan fingerprint density at radius 2 is 2.46 bits per heavy atom. The Labute approximate surface area is 76.4 Å². The van der Waals surface area contributed by atoms with Crippen LogP contribution in [0.4, 0.5) is 0 Å². The van der Waals surface area contributed by atoms with E-state index in [0.717, 1.165) is 5.69 Å². The van der Waals surface area contributed by atoms with E-state index in [1.807, 2.05) is 0 Å². The van der Waals surface area contributed by atoms with E-state index in [2.05, 4.69) is 10.3 Å². The lowest BCUT2D eigenvalue weighted by Crippen LogP contribution is -2.09. The molecule has 0 saturated heterocycles. The molecule has 0 spiro atoms. The second-order valence-electron chi connectivity index (χ2n) is 2.87. The summed E-state index contributed by atoms with van der Waals surface area (Å²) in [5.74, 6) is 0.150. The van der Waals surface area contributed by atoms with E-state index in [-0.39, 0.29) is 12.4 Å². The number of aromatic nitrogens is 3. The minimum atomic E-state index is 0.0381. The zero-order valence-corrected chi connectivity index (χ0v) is 7.60. The molecule has 0 aromatic carbocycles. The number of carbonyl (C=O) groups is 1. The smallest absolute Gasteiger partial charge is 0.130 e. The number of aliphatic hydroxyl groups excluding tert-OH is 1. The molecular weight excluding hydrogens is 170 g/mol. The van der Waals surface area contributed by atoms with E-state index in [0.29, 0.717) is 19.4 Å². The van der Waals surface area contributed by atoms with E-state index < -0.39 is 0 Å². The Kier molecular flexibility index (Phi) is 3.57. The Hall–Kier alpha value is -1.23. The van der Waals surface area contributed by atoms with Gasteiger partial charge in [0.15, 0.2) is 0 Å². The molecule has 0 unspecified atom stereocenters. The maximum absolute atomic E-state index is 10.7. The van der Waals surface area contributed by atoms with Crippen molar-refractivity contribution in [2.75, 3.05) is 6.61 Å². The molecule has 13 heavy (non-hydrogen) atoms. The van der Waals surface area contributed by atoms with Crippen molar-refractivity contribution in [3.05, 3.63) is 11.9 Å². The van der Waals surface area contributed by atoms with Crippen LogP contribution < -0.4 is 0 Å². The summed E-state index contributed by atoms with van der Waals surface area (Å²) in [6, 6.07) is 0. The third kappa shape index (κ3) is 2.95. The van der Waals surface area contributed by atoms with Crippen LogP contribution in [0.25, 0.3) is 0 Å². The summed E-state index contributed by atoms with van der Waals surface area (Å²) in [4.78, 5) is 10.7. The van der Waals surface area contributed by atoms with Gasteiger partial charge in [-0.25, -0.2) is 4.68 Å². The normalized spacial score (nSPS) is 10.3. The van der Waals surface area contributed by atoms with Crippen LogP contribution >= 0.6 is 0 Å². The fourth-order valence-corrected chi connectivity index (χ4v) is 1.06. The van der Waals surface area contributed by atoms with Crippen molar-refractivity contribution in [1.82, 2.24) is 15.0 Å². The summed E-state index contributed by atoms with van der Waals surface area (Å²) in [5.41, 5.74) is 0.893. The number of hydrogen-bond donors (Lipinski definition) is 1. The molecule has 1 heterocycles. The van der Waals surface area contributed by atoms with E-state index in [9.17, 15) is 4.79 Å². The Morgan fingerprint density at radius 1 is 1.69 bits per heavy atom. The first kappa shape index (κ1) is 9.85.